The zero-order chi connectivity index (χ0) is 22.6. The monoisotopic (exact) mass is 464 g/mol. The Kier molecular flexibility index (Phi) is 6.75. The lowest BCUT2D eigenvalue weighted by atomic mass is 10.2. The average molecular weight is 465 g/mol. The molecule has 2 saturated heterocycles. The van der Waals surface area contributed by atoms with Gasteiger partial charge >= 0.3 is 0 Å². The number of hydrogen-bond donors (Lipinski definition) is 0. The van der Waals surface area contributed by atoms with Crippen LogP contribution in [0.3, 0.4) is 0 Å². The molecule has 0 radical (unpaired) electrons. The van der Waals surface area contributed by atoms with Crippen molar-refractivity contribution in [3.05, 3.63) is 65.0 Å². The summed E-state index contributed by atoms with van der Waals surface area (Å²) in [5.74, 6) is 0.217. The van der Waals surface area contributed by atoms with Crippen LogP contribution in [0.5, 0.6) is 0 Å². The lowest BCUT2D eigenvalue weighted by Crippen LogP contribution is -2.44. The number of thioether (sulfide) groups is 1. The summed E-state index contributed by atoms with van der Waals surface area (Å²) in [7, 11) is 0. The minimum atomic E-state index is -0.0725. The number of nitrogens with zero attached hydrogens (tertiary/aromatic N) is 4. The van der Waals surface area contributed by atoms with Crippen molar-refractivity contribution in [2.45, 2.75) is 23.2 Å². The molecule has 0 aliphatic carbocycles. The molecule has 8 heteroatoms. The maximum Gasteiger partial charge on any atom is 0.266 e. The largest absolute Gasteiger partial charge is 0.379 e. The first-order valence-corrected chi connectivity index (χ1v) is 12.4. The zero-order valence-corrected chi connectivity index (χ0v) is 19.4. The number of carbonyl (C=O) groups excluding carboxylic acids is 1. The van der Waals surface area contributed by atoms with Crippen LogP contribution >= 0.6 is 11.8 Å². The standard InChI is InChI=1S/C25H28N4O3S/c30-23-11-6-12-28(23)18-20(17-27-13-15-32-16-14-27)33-25-26-22-10-5-4-9-21(22)24(31)29(25)19-7-2-1-3-8-19/h1-5,7-10,20H,6,11-18H2/t20-/m0/s1. The van der Waals surface area contributed by atoms with Gasteiger partial charge in [-0.25, -0.2) is 4.98 Å². The number of likely N-dealkylation sites (tertiary alicyclic amines) is 1. The second-order valence-electron chi connectivity index (χ2n) is 8.48. The molecule has 0 saturated carbocycles. The first-order valence-electron chi connectivity index (χ1n) is 11.5. The van der Waals surface area contributed by atoms with E-state index in [0.29, 0.717) is 29.0 Å². The maximum absolute atomic E-state index is 13.5. The highest BCUT2D eigenvalue weighted by Crippen LogP contribution is 2.27. The first-order chi connectivity index (χ1) is 16.2. The van der Waals surface area contributed by atoms with Crippen LogP contribution in [-0.2, 0) is 9.53 Å². The molecular weight excluding hydrogens is 436 g/mol. The van der Waals surface area contributed by atoms with E-state index in [9.17, 15) is 9.59 Å². The van der Waals surface area contributed by atoms with Crippen LogP contribution in [0.2, 0.25) is 0 Å². The third-order valence-electron chi connectivity index (χ3n) is 6.19. The molecule has 172 valence electrons. The smallest absolute Gasteiger partial charge is 0.266 e. The molecule has 5 rings (SSSR count). The number of para-hydroxylation sites is 2. The topological polar surface area (TPSA) is 67.7 Å². The average Bonchev–Trinajstić information content (AvgIpc) is 3.24. The number of benzene rings is 2. The number of fused-ring (bicyclic) bond motifs is 1. The molecule has 0 N–H and O–H groups in total. The van der Waals surface area contributed by atoms with Gasteiger partial charge in [0, 0.05) is 44.4 Å². The number of hydrogen-bond acceptors (Lipinski definition) is 6. The van der Waals surface area contributed by atoms with Gasteiger partial charge in [-0.3, -0.25) is 19.1 Å². The minimum absolute atomic E-state index is 0.0725. The van der Waals surface area contributed by atoms with E-state index < -0.39 is 0 Å². The summed E-state index contributed by atoms with van der Waals surface area (Å²) >= 11 is 1.60. The van der Waals surface area contributed by atoms with E-state index in [1.807, 2.05) is 59.5 Å². The van der Waals surface area contributed by atoms with Crippen LogP contribution in [0.25, 0.3) is 16.6 Å². The van der Waals surface area contributed by atoms with E-state index in [1.165, 1.54) is 0 Å². The molecule has 1 atom stereocenters. The van der Waals surface area contributed by atoms with Gasteiger partial charge in [-0.05, 0) is 30.7 Å². The normalized spacial score (nSPS) is 18.2. The van der Waals surface area contributed by atoms with Gasteiger partial charge < -0.3 is 9.64 Å². The van der Waals surface area contributed by atoms with Crippen LogP contribution in [0.1, 0.15) is 12.8 Å². The molecule has 3 heterocycles. The highest BCUT2D eigenvalue weighted by molar-refractivity contribution is 7.99. The van der Waals surface area contributed by atoms with Gasteiger partial charge in [0.1, 0.15) is 0 Å². The van der Waals surface area contributed by atoms with E-state index in [-0.39, 0.29) is 16.7 Å². The van der Waals surface area contributed by atoms with Gasteiger partial charge in [0.25, 0.3) is 5.56 Å². The van der Waals surface area contributed by atoms with Crippen LogP contribution in [0.15, 0.2) is 64.5 Å². The van der Waals surface area contributed by atoms with Crippen LogP contribution in [-0.4, -0.2) is 76.4 Å². The predicted molar refractivity (Wildman–Crippen MR) is 130 cm³/mol. The molecule has 33 heavy (non-hydrogen) atoms. The Hall–Kier alpha value is -2.68. The maximum atomic E-state index is 13.5. The Morgan fingerprint density at radius 1 is 0.939 bits per heavy atom. The van der Waals surface area contributed by atoms with E-state index in [1.54, 1.807) is 16.3 Å². The summed E-state index contributed by atoms with van der Waals surface area (Å²) in [5.41, 5.74) is 1.42. The molecule has 2 fully saturated rings. The first kappa shape index (κ1) is 22.1. The summed E-state index contributed by atoms with van der Waals surface area (Å²) in [5, 5.41) is 1.35. The number of amides is 1. The fourth-order valence-corrected chi connectivity index (χ4v) is 5.77. The third-order valence-corrected chi connectivity index (χ3v) is 7.31. The highest BCUT2D eigenvalue weighted by Gasteiger charge is 2.27. The highest BCUT2D eigenvalue weighted by atomic mass is 32.2. The Labute approximate surface area is 197 Å². The van der Waals surface area contributed by atoms with Crippen molar-refractivity contribution in [2.24, 2.45) is 0 Å². The summed E-state index contributed by atoms with van der Waals surface area (Å²) in [6, 6.07) is 17.2. The fraction of sp³-hybridized carbons (Fsp3) is 0.400. The zero-order valence-electron chi connectivity index (χ0n) is 18.6. The Balaban J connectivity index is 1.53. The van der Waals surface area contributed by atoms with Crippen LogP contribution < -0.4 is 5.56 Å². The van der Waals surface area contributed by atoms with Gasteiger partial charge in [0.15, 0.2) is 5.16 Å². The van der Waals surface area contributed by atoms with Gasteiger partial charge in [-0.1, -0.05) is 42.1 Å². The minimum Gasteiger partial charge on any atom is -0.379 e. The lowest BCUT2D eigenvalue weighted by Gasteiger charge is -2.32. The number of carbonyl (C=O) groups is 1. The van der Waals surface area contributed by atoms with Crippen molar-refractivity contribution in [3.63, 3.8) is 0 Å². The molecule has 2 aliphatic rings. The van der Waals surface area contributed by atoms with Crippen molar-refractivity contribution in [1.82, 2.24) is 19.4 Å². The van der Waals surface area contributed by atoms with Crippen molar-refractivity contribution in [1.29, 1.82) is 0 Å². The van der Waals surface area contributed by atoms with Gasteiger partial charge in [0.05, 0.1) is 29.8 Å². The number of ether oxygens (including phenoxy) is 1. The van der Waals surface area contributed by atoms with E-state index in [0.717, 1.165) is 51.5 Å². The SMILES string of the molecule is O=C1CCCN1C[C@H](CN1CCOCC1)Sc1nc2ccccc2c(=O)n1-c1ccccc1. The quantitative estimate of drug-likeness (QED) is 0.396. The number of rotatable bonds is 7. The Bertz CT molecular complexity index is 1180. The van der Waals surface area contributed by atoms with Gasteiger partial charge in [-0.2, -0.15) is 0 Å². The van der Waals surface area contributed by atoms with Crippen molar-refractivity contribution in [3.8, 4) is 5.69 Å². The molecule has 1 amide bonds. The van der Waals surface area contributed by atoms with E-state index in [4.69, 9.17) is 9.72 Å². The molecular formula is C25H28N4O3S. The third kappa shape index (κ3) is 4.98. The fourth-order valence-electron chi connectivity index (χ4n) is 4.49. The van der Waals surface area contributed by atoms with E-state index in [2.05, 4.69) is 4.90 Å². The van der Waals surface area contributed by atoms with Crippen molar-refractivity contribution in [2.75, 3.05) is 45.9 Å². The predicted octanol–water partition coefficient (Wildman–Crippen LogP) is 2.80. The van der Waals surface area contributed by atoms with Crippen LogP contribution in [0.4, 0.5) is 0 Å². The molecule has 1 aromatic heterocycles. The Morgan fingerprint density at radius 3 is 2.45 bits per heavy atom. The van der Waals surface area contributed by atoms with Crippen molar-refractivity contribution < 1.29 is 9.53 Å². The summed E-state index contributed by atoms with van der Waals surface area (Å²) in [4.78, 5) is 35.2. The Morgan fingerprint density at radius 2 is 1.70 bits per heavy atom. The summed E-state index contributed by atoms with van der Waals surface area (Å²) < 4.78 is 7.23. The second-order valence-corrected chi connectivity index (χ2v) is 9.75. The van der Waals surface area contributed by atoms with E-state index >= 15 is 0 Å². The van der Waals surface area contributed by atoms with Gasteiger partial charge in [-0.15, -0.1) is 0 Å². The lowest BCUT2D eigenvalue weighted by molar-refractivity contribution is -0.127. The molecule has 0 unspecified atom stereocenters. The second kappa shape index (κ2) is 10.1. The van der Waals surface area contributed by atoms with Crippen molar-refractivity contribution >= 4 is 28.6 Å². The summed E-state index contributed by atoms with van der Waals surface area (Å²) in [6.45, 7) is 5.47. The molecule has 0 spiro atoms. The summed E-state index contributed by atoms with van der Waals surface area (Å²) in [6.07, 6.45) is 1.54. The number of morpholine rings is 1. The van der Waals surface area contributed by atoms with Crippen LogP contribution in [0, 0.1) is 0 Å². The molecule has 2 aliphatic heterocycles. The van der Waals surface area contributed by atoms with Gasteiger partial charge in [0.2, 0.25) is 5.91 Å². The molecule has 3 aromatic rings. The number of aromatic nitrogens is 2. The molecule has 7 nitrogen and oxygen atoms in total. The molecule has 0 bridgehead atoms. The molecule has 2 aromatic carbocycles.